The van der Waals surface area contributed by atoms with Crippen molar-refractivity contribution in [2.75, 3.05) is 24.6 Å². The van der Waals surface area contributed by atoms with E-state index < -0.39 is 0 Å². The first-order chi connectivity index (χ1) is 8.36. The van der Waals surface area contributed by atoms with Crippen LogP contribution in [0.15, 0.2) is 0 Å². The molecule has 0 bridgehead atoms. The monoisotopic (exact) mass is 268 g/mol. The van der Waals surface area contributed by atoms with E-state index in [9.17, 15) is 5.26 Å². The van der Waals surface area contributed by atoms with E-state index in [2.05, 4.69) is 34.5 Å². The molecule has 17 heavy (non-hydrogen) atoms. The molecule has 0 aromatic carbocycles. The fourth-order valence-corrected chi connectivity index (χ4v) is 7.45. The maximum Gasteiger partial charge on any atom is 0.0778 e. The molecular formula is C13H20N2S2. The molecule has 0 amide bonds. The van der Waals surface area contributed by atoms with Gasteiger partial charge in [-0.15, -0.1) is 23.5 Å². The molecule has 3 fully saturated rings. The highest BCUT2D eigenvalue weighted by Gasteiger charge is 2.51. The van der Waals surface area contributed by atoms with E-state index in [0.717, 1.165) is 6.42 Å². The first-order valence-corrected chi connectivity index (χ1v) is 8.74. The molecule has 2 nitrogen and oxygen atoms in total. The second kappa shape index (κ2) is 5.03. The molecule has 4 heteroatoms. The summed E-state index contributed by atoms with van der Waals surface area (Å²) < 4.78 is 0.358. The van der Waals surface area contributed by atoms with E-state index in [1.807, 2.05) is 0 Å². The summed E-state index contributed by atoms with van der Waals surface area (Å²) in [6.07, 6.45) is 6.35. The summed E-state index contributed by atoms with van der Waals surface area (Å²) in [7, 11) is 0. The van der Waals surface area contributed by atoms with Crippen LogP contribution in [0.3, 0.4) is 0 Å². The van der Waals surface area contributed by atoms with Gasteiger partial charge in [0.05, 0.1) is 16.1 Å². The minimum atomic E-state index is 0.280. The van der Waals surface area contributed by atoms with Crippen LogP contribution in [0.4, 0.5) is 0 Å². The molecule has 3 aliphatic heterocycles. The fourth-order valence-electron chi connectivity index (χ4n) is 3.62. The normalized spacial score (nSPS) is 37.4. The van der Waals surface area contributed by atoms with Crippen molar-refractivity contribution in [1.82, 2.24) is 4.90 Å². The zero-order valence-electron chi connectivity index (χ0n) is 10.2. The van der Waals surface area contributed by atoms with Gasteiger partial charge in [0, 0.05) is 6.04 Å². The summed E-state index contributed by atoms with van der Waals surface area (Å²) in [4.78, 5) is 2.63. The molecule has 2 atom stereocenters. The van der Waals surface area contributed by atoms with Crippen molar-refractivity contribution in [2.45, 2.75) is 42.2 Å². The summed E-state index contributed by atoms with van der Waals surface area (Å²) in [5.41, 5.74) is 0. The maximum absolute atomic E-state index is 9.45. The van der Waals surface area contributed by atoms with Crippen molar-refractivity contribution >= 4 is 23.5 Å². The first kappa shape index (κ1) is 12.2. The number of fused-ring (bicyclic) bond motifs is 2. The van der Waals surface area contributed by atoms with Crippen molar-refractivity contribution in [2.24, 2.45) is 5.92 Å². The van der Waals surface area contributed by atoms with Gasteiger partial charge in [-0.05, 0) is 56.7 Å². The standard InChI is InChI=1S/C13H20N2S2/c14-10-11-4-1-6-15-7-2-5-13(12(11)15)16-8-3-9-17-13/h11-12H,1-9H2/t11-,12+/m0/s1. The number of piperidine rings is 2. The van der Waals surface area contributed by atoms with Crippen LogP contribution in [0.1, 0.15) is 32.1 Å². The lowest BCUT2D eigenvalue weighted by molar-refractivity contribution is 0.0773. The molecular weight excluding hydrogens is 248 g/mol. The van der Waals surface area contributed by atoms with Crippen molar-refractivity contribution in [3.8, 4) is 6.07 Å². The Balaban J connectivity index is 1.88. The van der Waals surface area contributed by atoms with Gasteiger partial charge in [-0.2, -0.15) is 5.26 Å². The van der Waals surface area contributed by atoms with Crippen molar-refractivity contribution < 1.29 is 0 Å². The molecule has 3 aliphatic rings. The zero-order valence-corrected chi connectivity index (χ0v) is 11.9. The molecule has 3 saturated heterocycles. The minimum Gasteiger partial charge on any atom is -0.297 e. The molecule has 0 unspecified atom stereocenters. The van der Waals surface area contributed by atoms with Crippen LogP contribution in [0.2, 0.25) is 0 Å². The molecule has 3 heterocycles. The Morgan fingerprint density at radius 2 is 1.88 bits per heavy atom. The van der Waals surface area contributed by atoms with Gasteiger partial charge in [-0.25, -0.2) is 0 Å². The molecule has 0 saturated carbocycles. The molecule has 0 aromatic heterocycles. The highest BCUT2D eigenvalue weighted by molar-refractivity contribution is 8.18. The van der Waals surface area contributed by atoms with Crippen LogP contribution >= 0.6 is 23.5 Å². The van der Waals surface area contributed by atoms with Crippen molar-refractivity contribution in [1.29, 1.82) is 5.26 Å². The van der Waals surface area contributed by atoms with Crippen LogP contribution in [0.5, 0.6) is 0 Å². The Morgan fingerprint density at radius 3 is 2.65 bits per heavy atom. The van der Waals surface area contributed by atoms with E-state index in [-0.39, 0.29) is 5.92 Å². The third kappa shape index (κ3) is 2.11. The summed E-state index contributed by atoms with van der Waals surface area (Å²) >= 11 is 4.32. The van der Waals surface area contributed by atoms with Crippen LogP contribution in [0.25, 0.3) is 0 Å². The largest absolute Gasteiger partial charge is 0.297 e. The van der Waals surface area contributed by atoms with E-state index in [1.54, 1.807) is 0 Å². The van der Waals surface area contributed by atoms with Gasteiger partial charge in [-0.1, -0.05) is 0 Å². The van der Waals surface area contributed by atoms with E-state index in [0.29, 0.717) is 10.1 Å². The van der Waals surface area contributed by atoms with E-state index >= 15 is 0 Å². The predicted octanol–water partition coefficient (Wildman–Crippen LogP) is 2.95. The quantitative estimate of drug-likeness (QED) is 0.675. The highest BCUT2D eigenvalue weighted by Crippen LogP contribution is 2.54. The van der Waals surface area contributed by atoms with Gasteiger partial charge >= 0.3 is 0 Å². The zero-order chi connectivity index (χ0) is 11.7. The molecule has 0 N–H and O–H groups in total. The van der Waals surface area contributed by atoms with Crippen LogP contribution in [-0.2, 0) is 0 Å². The minimum absolute atomic E-state index is 0.280. The van der Waals surface area contributed by atoms with Gasteiger partial charge in [-0.3, -0.25) is 4.90 Å². The van der Waals surface area contributed by atoms with E-state index in [1.165, 1.54) is 50.3 Å². The Morgan fingerprint density at radius 1 is 1.12 bits per heavy atom. The lowest BCUT2D eigenvalue weighted by Gasteiger charge is -2.54. The van der Waals surface area contributed by atoms with Crippen molar-refractivity contribution in [3.63, 3.8) is 0 Å². The summed E-state index contributed by atoms with van der Waals surface area (Å²) in [6, 6.07) is 3.14. The van der Waals surface area contributed by atoms with Gasteiger partial charge < -0.3 is 0 Å². The average Bonchev–Trinajstić information content (AvgIpc) is 2.39. The lowest BCUT2D eigenvalue weighted by atomic mass is 9.83. The first-order valence-electron chi connectivity index (χ1n) is 6.77. The summed E-state index contributed by atoms with van der Waals surface area (Å²) in [5, 5.41) is 9.45. The number of nitriles is 1. The summed E-state index contributed by atoms with van der Waals surface area (Å²) in [5.74, 6) is 2.88. The molecule has 3 rings (SSSR count). The Labute approximate surface area is 112 Å². The molecule has 0 radical (unpaired) electrons. The van der Waals surface area contributed by atoms with Gasteiger partial charge in [0.1, 0.15) is 0 Å². The second-order valence-electron chi connectivity index (χ2n) is 5.32. The molecule has 1 spiro atoms. The third-order valence-corrected chi connectivity index (χ3v) is 7.86. The van der Waals surface area contributed by atoms with Gasteiger partial charge in [0.15, 0.2) is 0 Å². The fraction of sp³-hybridized carbons (Fsp3) is 0.923. The lowest BCUT2D eigenvalue weighted by Crippen LogP contribution is -2.59. The number of rotatable bonds is 0. The SMILES string of the molecule is N#C[C@@H]1CCCN2CCCC3(SCCCS3)[C@@H]12. The smallest absolute Gasteiger partial charge is 0.0778 e. The second-order valence-corrected chi connectivity index (χ2v) is 8.43. The maximum atomic E-state index is 9.45. The van der Waals surface area contributed by atoms with Crippen LogP contribution in [0, 0.1) is 17.2 Å². The third-order valence-electron chi connectivity index (χ3n) is 4.30. The average molecular weight is 268 g/mol. The Kier molecular flexibility index (Phi) is 3.61. The topological polar surface area (TPSA) is 27.0 Å². The summed E-state index contributed by atoms with van der Waals surface area (Å²) in [6.45, 7) is 2.46. The highest BCUT2D eigenvalue weighted by atomic mass is 32.2. The molecule has 0 aromatic rings. The van der Waals surface area contributed by atoms with Gasteiger partial charge in [0.2, 0.25) is 0 Å². The van der Waals surface area contributed by atoms with E-state index in [4.69, 9.17) is 0 Å². The molecule has 0 aliphatic carbocycles. The number of hydrogen-bond donors (Lipinski definition) is 0. The number of hydrogen-bond acceptors (Lipinski definition) is 4. The molecule has 94 valence electrons. The van der Waals surface area contributed by atoms with Gasteiger partial charge in [0.25, 0.3) is 0 Å². The van der Waals surface area contributed by atoms with Crippen molar-refractivity contribution in [3.05, 3.63) is 0 Å². The number of thioether (sulfide) groups is 2. The van der Waals surface area contributed by atoms with Crippen LogP contribution in [-0.4, -0.2) is 39.6 Å². The predicted molar refractivity (Wildman–Crippen MR) is 75.2 cm³/mol. The Bertz CT molecular complexity index is 312. The Hall–Kier alpha value is 0.150. The number of nitrogens with zero attached hydrogens (tertiary/aromatic N) is 2. The van der Waals surface area contributed by atoms with Crippen LogP contribution < -0.4 is 0 Å².